The molecule has 0 radical (unpaired) electrons. The van der Waals surface area contributed by atoms with Crippen molar-refractivity contribution in [2.24, 2.45) is 0 Å². The zero-order valence-corrected chi connectivity index (χ0v) is 16.0. The summed E-state index contributed by atoms with van der Waals surface area (Å²) in [5.41, 5.74) is 3.28. The summed E-state index contributed by atoms with van der Waals surface area (Å²) in [5.74, 6) is 0. The first-order valence-corrected chi connectivity index (χ1v) is 9.70. The first-order valence-electron chi connectivity index (χ1n) is 8.89. The highest BCUT2D eigenvalue weighted by atomic mass is 32.1. The van der Waals surface area contributed by atoms with E-state index in [4.69, 9.17) is 0 Å². The van der Waals surface area contributed by atoms with Crippen LogP contribution in [0.15, 0.2) is 48.5 Å². The van der Waals surface area contributed by atoms with E-state index in [0.29, 0.717) is 11.7 Å². The number of fused-ring (bicyclic) bond motifs is 1. The Morgan fingerprint density at radius 1 is 1.04 bits per heavy atom. The molecule has 0 aliphatic heterocycles. The third-order valence-corrected chi connectivity index (χ3v) is 5.31. The largest absolute Gasteiger partial charge is 0.334 e. The molecule has 2 aromatic carbocycles. The molecule has 0 atom stereocenters. The fraction of sp³-hybridized carbons (Fsp3) is 0.300. The van der Waals surface area contributed by atoms with E-state index in [2.05, 4.69) is 46.5 Å². The molecule has 0 aliphatic rings. The summed E-state index contributed by atoms with van der Waals surface area (Å²) in [6, 6.07) is 15.9. The van der Waals surface area contributed by atoms with Crippen LogP contribution in [0.2, 0.25) is 0 Å². The van der Waals surface area contributed by atoms with Crippen molar-refractivity contribution >= 4 is 32.7 Å². The first kappa shape index (κ1) is 18.4. The summed E-state index contributed by atoms with van der Waals surface area (Å²) < 4.78 is 1.06. The van der Waals surface area contributed by atoms with Crippen LogP contribution < -0.4 is 10.6 Å². The maximum absolute atomic E-state index is 12.2. The smallest absolute Gasteiger partial charge is 0.321 e. The van der Waals surface area contributed by atoms with Crippen molar-refractivity contribution in [3.8, 4) is 0 Å². The molecule has 1 aromatic heterocycles. The maximum atomic E-state index is 12.2. The number of benzene rings is 2. The van der Waals surface area contributed by atoms with E-state index in [-0.39, 0.29) is 6.03 Å². The summed E-state index contributed by atoms with van der Waals surface area (Å²) in [7, 11) is 0. The normalized spacial score (nSPS) is 11.0. The number of anilines is 1. The molecule has 0 aliphatic carbocycles. The van der Waals surface area contributed by atoms with Crippen LogP contribution in [0, 0.1) is 0 Å². The molecule has 136 valence electrons. The summed E-state index contributed by atoms with van der Waals surface area (Å²) in [6.45, 7) is 7.73. The quantitative estimate of drug-likeness (QED) is 0.647. The molecular weight excluding hydrogens is 344 g/mol. The predicted molar refractivity (Wildman–Crippen MR) is 109 cm³/mol. The van der Waals surface area contributed by atoms with Crippen LogP contribution in [-0.4, -0.2) is 29.0 Å². The zero-order valence-electron chi connectivity index (χ0n) is 15.2. The zero-order chi connectivity index (χ0) is 18.4. The lowest BCUT2D eigenvalue weighted by Crippen LogP contribution is -2.29. The fourth-order valence-electron chi connectivity index (χ4n) is 2.81. The monoisotopic (exact) mass is 368 g/mol. The molecule has 0 bridgehead atoms. The van der Waals surface area contributed by atoms with Crippen molar-refractivity contribution in [3.63, 3.8) is 0 Å². The molecular formula is C20H24N4OS. The SMILES string of the molecule is CCN(CC)Cc1ccccc1CNC(=O)Nc1nc2ccccc2s1. The van der Waals surface area contributed by atoms with Crippen molar-refractivity contribution in [1.29, 1.82) is 0 Å². The molecule has 2 N–H and O–H groups in total. The van der Waals surface area contributed by atoms with Crippen LogP contribution in [0.5, 0.6) is 0 Å². The summed E-state index contributed by atoms with van der Waals surface area (Å²) in [4.78, 5) is 19.0. The van der Waals surface area contributed by atoms with Gasteiger partial charge in [0.1, 0.15) is 0 Å². The van der Waals surface area contributed by atoms with E-state index in [1.54, 1.807) is 0 Å². The first-order chi connectivity index (χ1) is 12.7. The lowest BCUT2D eigenvalue weighted by atomic mass is 10.1. The van der Waals surface area contributed by atoms with Gasteiger partial charge in [-0.1, -0.05) is 61.6 Å². The third-order valence-electron chi connectivity index (χ3n) is 4.36. The van der Waals surface area contributed by atoms with E-state index in [9.17, 15) is 4.79 Å². The van der Waals surface area contributed by atoms with Crippen molar-refractivity contribution in [2.45, 2.75) is 26.9 Å². The van der Waals surface area contributed by atoms with E-state index < -0.39 is 0 Å². The van der Waals surface area contributed by atoms with Gasteiger partial charge in [-0.3, -0.25) is 10.2 Å². The minimum absolute atomic E-state index is 0.235. The van der Waals surface area contributed by atoms with Crippen molar-refractivity contribution < 1.29 is 4.79 Å². The van der Waals surface area contributed by atoms with Gasteiger partial charge in [0.15, 0.2) is 5.13 Å². The third kappa shape index (κ3) is 4.59. The molecule has 3 aromatic rings. The molecule has 3 rings (SSSR count). The number of para-hydroxylation sites is 1. The van der Waals surface area contributed by atoms with Crippen LogP contribution in [0.3, 0.4) is 0 Å². The highest BCUT2D eigenvalue weighted by Gasteiger charge is 2.09. The molecule has 6 heteroatoms. The molecule has 2 amide bonds. The number of aromatic nitrogens is 1. The van der Waals surface area contributed by atoms with Gasteiger partial charge in [-0.15, -0.1) is 0 Å². The Hall–Kier alpha value is -2.44. The maximum Gasteiger partial charge on any atom is 0.321 e. The van der Waals surface area contributed by atoms with E-state index >= 15 is 0 Å². The van der Waals surface area contributed by atoms with Gasteiger partial charge < -0.3 is 5.32 Å². The molecule has 0 spiro atoms. The number of nitrogens with zero attached hydrogens (tertiary/aromatic N) is 2. The van der Waals surface area contributed by atoms with Gasteiger partial charge in [-0.2, -0.15) is 0 Å². The van der Waals surface area contributed by atoms with Crippen molar-refractivity contribution in [1.82, 2.24) is 15.2 Å². The molecule has 26 heavy (non-hydrogen) atoms. The van der Waals surface area contributed by atoms with Crippen molar-refractivity contribution in [3.05, 3.63) is 59.7 Å². The number of urea groups is 1. The van der Waals surface area contributed by atoms with Crippen LogP contribution in [0.25, 0.3) is 10.2 Å². The second-order valence-electron chi connectivity index (χ2n) is 6.02. The van der Waals surface area contributed by atoms with Gasteiger partial charge in [0, 0.05) is 13.1 Å². The van der Waals surface area contributed by atoms with Crippen molar-refractivity contribution in [2.75, 3.05) is 18.4 Å². The Bertz CT molecular complexity index is 840. The van der Waals surface area contributed by atoms with Gasteiger partial charge in [-0.05, 0) is 36.3 Å². The average Bonchev–Trinajstić information content (AvgIpc) is 3.07. The predicted octanol–water partition coefficient (Wildman–Crippen LogP) is 4.46. The highest BCUT2D eigenvalue weighted by Crippen LogP contribution is 2.25. The Kier molecular flexibility index (Phi) is 6.20. The van der Waals surface area contributed by atoms with E-state index in [1.807, 2.05) is 36.4 Å². The minimum Gasteiger partial charge on any atom is -0.334 e. The number of thiazole rings is 1. The Labute approximate surface area is 158 Å². The number of rotatable bonds is 7. The number of carbonyl (C=O) groups excluding carboxylic acids is 1. The van der Waals surface area contributed by atoms with Gasteiger partial charge in [0.2, 0.25) is 0 Å². The average molecular weight is 369 g/mol. The van der Waals surface area contributed by atoms with Gasteiger partial charge in [0.25, 0.3) is 0 Å². The molecule has 0 unspecified atom stereocenters. The Morgan fingerprint density at radius 3 is 2.46 bits per heavy atom. The number of nitrogens with one attached hydrogen (secondary N) is 2. The van der Waals surface area contributed by atoms with Gasteiger partial charge >= 0.3 is 6.03 Å². The van der Waals surface area contributed by atoms with Crippen LogP contribution in [0.1, 0.15) is 25.0 Å². The second kappa shape index (κ2) is 8.78. The van der Waals surface area contributed by atoms with Crippen LogP contribution in [0.4, 0.5) is 9.93 Å². The van der Waals surface area contributed by atoms with Crippen LogP contribution in [-0.2, 0) is 13.1 Å². The Morgan fingerprint density at radius 2 is 1.73 bits per heavy atom. The summed E-state index contributed by atoms with van der Waals surface area (Å²) in [5, 5.41) is 6.38. The molecule has 0 saturated heterocycles. The Balaban J connectivity index is 1.60. The molecule has 1 heterocycles. The van der Waals surface area contributed by atoms with Gasteiger partial charge in [-0.25, -0.2) is 9.78 Å². The second-order valence-corrected chi connectivity index (χ2v) is 7.06. The lowest BCUT2D eigenvalue weighted by molar-refractivity contribution is 0.251. The highest BCUT2D eigenvalue weighted by molar-refractivity contribution is 7.22. The fourth-order valence-corrected chi connectivity index (χ4v) is 3.68. The molecule has 0 fully saturated rings. The van der Waals surface area contributed by atoms with Gasteiger partial charge in [0.05, 0.1) is 10.2 Å². The molecule has 0 saturated carbocycles. The summed E-state index contributed by atoms with van der Waals surface area (Å²) in [6.07, 6.45) is 0. The standard InChI is InChI=1S/C20H24N4OS/c1-3-24(4-2)14-16-10-6-5-9-15(16)13-21-19(25)23-20-22-17-11-7-8-12-18(17)26-20/h5-12H,3-4,13-14H2,1-2H3,(H2,21,22,23,25). The number of amides is 2. The lowest BCUT2D eigenvalue weighted by Gasteiger charge is -2.20. The summed E-state index contributed by atoms with van der Waals surface area (Å²) >= 11 is 1.48. The van der Waals surface area contributed by atoms with Crippen LogP contribution >= 0.6 is 11.3 Å². The molecule has 5 nitrogen and oxygen atoms in total. The number of hydrogen-bond acceptors (Lipinski definition) is 4. The minimum atomic E-state index is -0.235. The number of hydrogen-bond donors (Lipinski definition) is 2. The van der Waals surface area contributed by atoms with E-state index in [0.717, 1.165) is 35.4 Å². The number of carbonyl (C=O) groups is 1. The topological polar surface area (TPSA) is 57.3 Å². The van der Waals surface area contributed by atoms with E-state index in [1.165, 1.54) is 16.9 Å².